The number of aromatic nitrogens is 2. The molecule has 7 nitrogen and oxygen atoms in total. The maximum atomic E-state index is 13.1. The molecule has 0 spiro atoms. The number of hydrogen-bond donors (Lipinski definition) is 2. The molecular weight excluding hydrogens is 426 g/mol. The van der Waals surface area contributed by atoms with E-state index in [1.54, 1.807) is 4.68 Å². The summed E-state index contributed by atoms with van der Waals surface area (Å²) in [4.78, 5) is 27.7. The van der Waals surface area contributed by atoms with E-state index in [4.69, 9.17) is 5.10 Å². The zero-order valence-corrected chi connectivity index (χ0v) is 21.1. The minimum Gasteiger partial charge on any atom is -0.313 e. The van der Waals surface area contributed by atoms with Crippen LogP contribution in [0.1, 0.15) is 51.4 Å². The van der Waals surface area contributed by atoms with Gasteiger partial charge in [-0.05, 0) is 51.0 Å². The number of carbonyl (C=O) groups excluding carboxylic acids is 2. The molecule has 34 heavy (non-hydrogen) atoms. The van der Waals surface area contributed by atoms with Gasteiger partial charge in [-0.15, -0.1) is 0 Å². The van der Waals surface area contributed by atoms with Gasteiger partial charge in [-0.3, -0.25) is 4.79 Å². The van der Waals surface area contributed by atoms with Gasteiger partial charge < -0.3 is 15.5 Å². The van der Waals surface area contributed by atoms with Crippen LogP contribution in [0.4, 0.5) is 16.3 Å². The van der Waals surface area contributed by atoms with Crippen LogP contribution in [0.15, 0.2) is 54.6 Å². The van der Waals surface area contributed by atoms with Crippen LogP contribution in [0.25, 0.3) is 5.69 Å². The summed E-state index contributed by atoms with van der Waals surface area (Å²) in [6.45, 7) is 13.8. The predicted molar refractivity (Wildman–Crippen MR) is 138 cm³/mol. The van der Waals surface area contributed by atoms with Crippen LogP contribution in [0.2, 0.25) is 0 Å². The fourth-order valence-electron chi connectivity index (χ4n) is 3.62. The average molecular weight is 462 g/mol. The Bertz CT molecular complexity index is 1140. The molecule has 0 unspecified atom stereocenters. The summed E-state index contributed by atoms with van der Waals surface area (Å²) in [5.74, 6) is 0.280. The number of amides is 3. The highest BCUT2D eigenvalue weighted by molar-refractivity contribution is 5.97. The molecule has 2 N–H and O–H groups in total. The minimum atomic E-state index is -0.311. The zero-order valence-electron chi connectivity index (χ0n) is 21.1. The van der Waals surface area contributed by atoms with Crippen molar-refractivity contribution in [3.63, 3.8) is 0 Å². The molecule has 1 heterocycles. The number of para-hydroxylation sites is 2. The van der Waals surface area contributed by atoms with E-state index < -0.39 is 0 Å². The van der Waals surface area contributed by atoms with Gasteiger partial charge in [0.05, 0.1) is 11.4 Å². The summed E-state index contributed by atoms with van der Waals surface area (Å²) in [6.07, 6.45) is 0. The normalized spacial score (nSPS) is 11.4. The molecule has 0 aliphatic carbocycles. The largest absolute Gasteiger partial charge is 0.322 e. The van der Waals surface area contributed by atoms with E-state index in [0.717, 1.165) is 28.2 Å². The highest BCUT2D eigenvalue weighted by Crippen LogP contribution is 2.26. The Kier molecular flexibility index (Phi) is 7.44. The molecular formula is C27H35N5O2. The van der Waals surface area contributed by atoms with Gasteiger partial charge in [0.1, 0.15) is 12.4 Å². The van der Waals surface area contributed by atoms with Crippen molar-refractivity contribution < 1.29 is 9.59 Å². The molecule has 7 heteroatoms. The Morgan fingerprint density at radius 3 is 2.15 bits per heavy atom. The predicted octanol–water partition coefficient (Wildman–Crippen LogP) is 5.67. The molecule has 3 rings (SSSR count). The van der Waals surface area contributed by atoms with E-state index >= 15 is 0 Å². The second-order valence-electron chi connectivity index (χ2n) is 9.88. The van der Waals surface area contributed by atoms with E-state index in [2.05, 4.69) is 31.4 Å². The quantitative estimate of drug-likeness (QED) is 0.497. The first-order chi connectivity index (χ1) is 16.0. The third-order valence-electron chi connectivity index (χ3n) is 5.66. The minimum absolute atomic E-state index is 0.0841. The summed E-state index contributed by atoms with van der Waals surface area (Å²) < 4.78 is 1.73. The number of carbonyl (C=O) groups is 2. The Morgan fingerprint density at radius 1 is 0.971 bits per heavy atom. The third kappa shape index (κ3) is 5.84. The molecule has 0 bridgehead atoms. The van der Waals surface area contributed by atoms with Gasteiger partial charge in [-0.25, -0.2) is 9.48 Å². The summed E-state index contributed by atoms with van der Waals surface area (Å²) in [5, 5.41) is 10.7. The maximum absolute atomic E-state index is 13.1. The first-order valence-corrected chi connectivity index (χ1v) is 11.6. The van der Waals surface area contributed by atoms with Crippen LogP contribution in [0.5, 0.6) is 0 Å². The van der Waals surface area contributed by atoms with Gasteiger partial charge in [-0.2, -0.15) is 5.10 Å². The summed E-state index contributed by atoms with van der Waals surface area (Å²) >= 11 is 0. The standard InChI is InChI=1S/C27H35N5O2/c1-18(2)31(26(34)29-25-19(3)12-11-13-20(25)4)17-24(33)28-23-16-22(27(5,6)7)30-32(23)21-14-9-8-10-15-21/h8-16,18H,17H2,1-7H3,(H,28,33)(H,29,34). The van der Waals surface area contributed by atoms with Gasteiger partial charge in [-0.1, -0.05) is 57.2 Å². The van der Waals surface area contributed by atoms with Crippen molar-refractivity contribution in [2.24, 2.45) is 0 Å². The van der Waals surface area contributed by atoms with Crippen molar-refractivity contribution in [2.45, 2.75) is 59.9 Å². The molecule has 0 saturated carbocycles. The molecule has 180 valence electrons. The Labute approximate surface area is 202 Å². The number of anilines is 2. The van der Waals surface area contributed by atoms with Gasteiger partial charge in [0.15, 0.2) is 0 Å². The second kappa shape index (κ2) is 10.1. The van der Waals surface area contributed by atoms with Crippen LogP contribution in [0, 0.1) is 13.8 Å². The Hall–Kier alpha value is -3.61. The molecule has 2 aromatic carbocycles. The molecule has 0 radical (unpaired) electrons. The van der Waals surface area contributed by atoms with Crippen molar-refractivity contribution in [3.8, 4) is 5.69 Å². The first kappa shape index (κ1) is 25.0. The van der Waals surface area contributed by atoms with Crippen LogP contribution in [0.3, 0.4) is 0 Å². The van der Waals surface area contributed by atoms with Gasteiger partial charge in [0.2, 0.25) is 5.91 Å². The van der Waals surface area contributed by atoms with E-state index in [-0.39, 0.29) is 29.9 Å². The van der Waals surface area contributed by atoms with Crippen molar-refractivity contribution >= 4 is 23.4 Å². The monoisotopic (exact) mass is 461 g/mol. The molecule has 1 aromatic heterocycles. The van der Waals surface area contributed by atoms with Gasteiger partial charge >= 0.3 is 6.03 Å². The molecule has 0 aliphatic heterocycles. The highest BCUT2D eigenvalue weighted by Gasteiger charge is 2.24. The van der Waals surface area contributed by atoms with E-state index in [1.807, 2.05) is 82.3 Å². The molecule has 0 aliphatic rings. The Balaban J connectivity index is 1.81. The van der Waals surface area contributed by atoms with E-state index in [1.165, 1.54) is 4.90 Å². The average Bonchev–Trinajstić information content (AvgIpc) is 3.19. The lowest BCUT2D eigenvalue weighted by Crippen LogP contribution is -2.45. The van der Waals surface area contributed by atoms with Gasteiger partial charge in [0.25, 0.3) is 0 Å². The van der Waals surface area contributed by atoms with Crippen molar-refractivity contribution in [1.82, 2.24) is 14.7 Å². The lowest BCUT2D eigenvalue weighted by Gasteiger charge is -2.27. The zero-order chi connectivity index (χ0) is 25.0. The number of benzene rings is 2. The molecule has 0 fully saturated rings. The lowest BCUT2D eigenvalue weighted by molar-refractivity contribution is -0.117. The first-order valence-electron chi connectivity index (χ1n) is 11.6. The number of rotatable bonds is 6. The number of aryl methyl sites for hydroxylation is 2. The SMILES string of the molecule is Cc1cccc(C)c1NC(=O)N(CC(=O)Nc1cc(C(C)(C)C)nn1-c1ccccc1)C(C)C. The van der Waals surface area contributed by atoms with Crippen LogP contribution in [-0.4, -0.2) is 39.2 Å². The molecule has 0 saturated heterocycles. The number of urea groups is 1. The second-order valence-corrected chi connectivity index (χ2v) is 9.88. The van der Waals surface area contributed by atoms with Gasteiger partial charge in [0, 0.05) is 23.2 Å². The van der Waals surface area contributed by atoms with Crippen molar-refractivity contribution in [1.29, 1.82) is 0 Å². The van der Waals surface area contributed by atoms with Crippen LogP contribution < -0.4 is 10.6 Å². The van der Waals surface area contributed by atoms with E-state index in [9.17, 15) is 9.59 Å². The van der Waals surface area contributed by atoms with E-state index in [0.29, 0.717) is 5.82 Å². The topological polar surface area (TPSA) is 79.3 Å². The number of nitrogens with one attached hydrogen (secondary N) is 2. The van der Waals surface area contributed by atoms with Crippen LogP contribution >= 0.6 is 0 Å². The molecule has 3 amide bonds. The Morgan fingerprint density at radius 2 is 1.59 bits per heavy atom. The van der Waals surface area contributed by atoms with Crippen molar-refractivity contribution in [3.05, 3.63) is 71.4 Å². The highest BCUT2D eigenvalue weighted by atomic mass is 16.2. The lowest BCUT2D eigenvalue weighted by atomic mass is 9.92. The smallest absolute Gasteiger partial charge is 0.313 e. The number of nitrogens with zero attached hydrogens (tertiary/aromatic N) is 3. The third-order valence-corrected chi connectivity index (χ3v) is 5.66. The van der Waals surface area contributed by atoms with Crippen molar-refractivity contribution in [2.75, 3.05) is 17.2 Å². The number of hydrogen-bond acceptors (Lipinski definition) is 3. The van der Waals surface area contributed by atoms with Crippen LogP contribution in [-0.2, 0) is 10.2 Å². The summed E-state index contributed by atoms with van der Waals surface area (Å²) in [6, 6.07) is 16.9. The molecule has 3 aromatic rings. The fourth-order valence-corrected chi connectivity index (χ4v) is 3.62. The summed E-state index contributed by atoms with van der Waals surface area (Å²) in [7, 11) is 0. The summed E-state index contributed by atoms with van der Waals surface area (Å²) in [5.41, 5.74) is 4.25. The maximum Gasteiger partial charge on any atom is 0.322 e. The molecule has 0 atom stereocenters. The fraction of sp³-hybridized carbons (Fsp3) is 0.370.